The van der Waals surface area contributed by atoms with Crippen LogP contribution < -0.4 is 16.0 Å². The second kappa shape index (κ2) is 11.3. The van der Waals surface area contributed by atoms with Gasteiger partial charge in [0, 0.05) is 53.4 Å². The Bertz CT molecular complexity index is 1410. The molecule has 0 unspecified atom stereocenters. The highest BCUT2D eigenvalue weighted by atomic mass is 16.1. The summed E-state index contributed by atoms with van der Waals surface area (Å²) < 4.78 is 1.59. The molecule has 0 saturated heterocycles. The van der Waals surface area contributed by atoms with Crippen LogP contribution in [0, 0.1) is 6.92 Å². The maximum absolute atomic E-state index is 13.1. The van der Waals surface area contributed by atoms with E-state index in [0.29, 0.717) is 28.8 Å². The second-order valence-corrected chi connectivity index (χ2v) is 10.3. The third kappa shape index (κ3) is 6.68. The highest BCUT2D eigenvalue weighted by Crippen LogP contribution is 2.25. The molecule has 1 amide bonds. The number of aryl methyl sites for hydroxylation is 1. The average molecular weight is 515 g/mol. The number of hydrogen-bond donors (Lipinski definition) is 3. The van der Waals surface area contributed by atoms with Crippen molar-refractivity contribution in [1.82, 2.24) is 34.6 Å². The first-order valence-corrected chi connectivity index (χ1v) is 12.4. The van der Waals surface area contributed by atoms with Crippen LogP contribution in [0.1, 0.15) is 42.4 Å². The van der Waals surface area contributed by atoms with Crippen LogP contribution in [0.5, 0.6) is 0 Å². The van der Waals surface area contributed by atoms with Crippen LogP contribution in [-0.2, 0) is 5.41 Å². The van der Waals surface area contributed by atoms with Crippen molar-refractivity contribution in [1.29, 1.82) is 0 Å². The van der Waals surface area contributed by atoms with Crippen LogP contribution >= 0.6 is 0 Å². The normalized spacial score (nSPS) is 11.4. The minimum atomic E-state index is -0.218. The maximum Gasteiger partial charge on any atom is 0.255 e. The smallest absolute Gasteiger partial charge is 0.255 e. The van der Waals surface area contributed by atoms with Crippen LogP contribution in [0.15, 0.2) is 55.2 Å². The number of nitrogens with zero attached hydrogens (tertiary/aromatic N) is 7. The van der Waals surface area contributed by atoms with Crippen molar-refractivity contribution in [3.8, 4) is 5.82 Å². The van der Waals surface area contributed by atoms with Gasteiger partial charge < -0.3 is 20.9 Å². The van der Waals surface area contributed by atoms with Gasteiger partial charge in [0.2, 0.25) is 5.95 Å². The van der Waals surface area contributed by atoms with Gasteiger partial charge in [-0.3, -0.25) is 9.78 Å². The van der Waals surface area contributed by atoms with E-state index in [4.69, 9.17) is 0 Å². The summed E-state index contributed by atoms with van der Waals surface area (Å²) in [5.41, 5.74) is 3.67. The number of likely N-dealkylation sites (N-methyl/N-ethyl adjacent to an activating group) is 1. The molecule has 0 aliphatic heterocycles. The van der Waals surface area contributed by atoms with E-state index in [1.165, 1.54) is 12.7 Å². The van der Waals surface area contributed by atoms with Gasteiger partial charge in [0.1, 0.15) is 18.5 Å². The van der Waals surface area contributed by atoms with E-state index >= 15 is 0 Å². The van der Waals surface area contributed by atoms with Gasteiger partial charge in [-0.15, -0.1) is 0 Å². The Morgan fingerprint density at radius 2 is 1.82 bits per heavy atom. The summed E-state index contributed by atoms with van der Waals surface area (Å²) in [6.07, 6.45) is 4.65. The zero-order chi connectivity index (χ0) is 27.3. The molecule has 0 atom stereocenters. The van der Waals surface area contributed by atoms with Crippen molar-refractivity contribution < 1.29 is 4.79 Å². The number of benzene rings is 1. The summed E-state index contributed by atoms with van der Waals surface area (Å²) in [5.74, 6) is 1.50. The van der Waals surface area contributed by atoms with Crippen LogP contribution in [0.4, 0.5) is 23.1 Å². The SMILES string of the molecule is Cc1ccc(C(=O)Nc2ccnc(C(C)(C)C)c2)cc1Nc1ncnn1-c1cc(NCCN(C)C)ncn1. The number of amides is 1. The molecule has 4 aromatic rings. The molecule has 0 fully saturated rings. The number of carbonyl (C=O) groups excluding carboxylic acids is 1. The Morgan fingerprint density at radius 1 is 1.00 bits per heavy atom. The molecular weight excluding hydrogens is 480 g/mol. The molecule has 0 saturated carbocycles. The maximum atomic E-state index is 13.1. The van der Waals surface area contributed by atoms with Gasteiger partial charge in [0.05, 0.1) is 0 Å². The van der Waals surface area contributed by atoms with E-state index in [-0.39, 0.29) is 11.3 Å². The molecule has 3 aromatic heterocycles. The third-order valence-corrected chi connectivity index (χ3v) is 5.81. The molecule has 3 heterocycles. The lowest BCUT2D eigenvalue weighted by Crippen LogP contribution is -2.21. The Morgan fingerprint density at radius 3 is 2.58 bits per heavy atom. The van der Waals surface area contributed by atoms with Crippen LogP contribution in [0.25, 0.3) is 5.82 Å². The minimum Gasteiger partial charge on any atom is -0.369 e. The number of hydrogen-bond acceptors (Lipinski definition) is 9. The molecule has 0 aliphatic carbocycles. The Labute approximate surface area is 222 Å². The molecular formula is C27H34N10O. The molecule has 0 spiro atoms. The van der Waals surface area contributed by atoms with E-state index in [1.807, 2.05) is 39.2 Å². The molecule has 0 bridgehead atoms. The van der Waals surface area contributed by atoms with Gasteiger partial charge in [-0.25, -0.2) is 9.97 Å². The van der Waals surface area contributed by atoms with Gasteiger partial charge in [0.25, 0.3) is 5.91 Å². The summed E-state index contributed by atoms with van der Waals surface area (Å²) in [6.45, 7) is 9.83. The standard InChI is InChI=1S/C27H34N10O/c1-18-7-8-19(25(38)34-20-9-10-28-22(14-20)27(2,3)4)13-21(18)35-26-32-17-33-37(26)24-15-23(30-16-31-24)29-11-12-36(5)6/h7-10,13-17H,11-12H2,1-6H3,(H,28,34,38)(H,29,30,31)(H,32,33,35). The highest BCUT2D eigenvalue weighted by Gasteiger charge is 2.17. The van der Waals surface area contributed by atoms with E-state index in [0.717, 1.165) is 30.0 Å². The van der Waals surface area contributed by atoms with Gasteiger partial charge in [0.15, 0.2) is 5.82 Å². The Balaban J connectivity index is 1.52. The molecule has 11 nitrogen and oxygen atoms in total. The van der Waals surface area contributed by atoms with Gasteiger partial charge in [-0.2, -0.15) is 14.8 Å². The van der Waals surface area contributed by atoms with Crippen molar-refractivity contribution in [2.75, 3.05) is 43.1 Å². The molecule has 198 valence electrons. The summed E-state index contributed by atoms with van der Waals surface area (Å²) in [5, 5.41) is 13.9. The molecule has 38 heavy (non-hydrogen) atoms. The van der Waals surface area contributed by atoms with Crippen LogP contribution in [0.2, 0.25) is 0 Å². The Hall–Kier alpha value is -4.38. The summed E-state index contributed by atoms with van der Waals surface area (Å²) in [6, 6.07) is 11.0. The topological polar surface area (TPSA) is 126 Å². The average Bonchev–Trinajstić information content (AvgIpc) is 3.33. The van der Waals surface area contributed by atoms with Crippen LogP contribution in [0.3, 0.4) is 0 Å². The number of rotatable bonds is 9. The van der Waals surface area contributed by atoms with E-state index in [2.05, 4.69) is 66.7 Å². The fourth-order valence-electron chi connectivity index (χ4n) is 3.60. The lowest BCUT2D eigenvalue weighted by atomic mass is 9.91. The van der Waals surface area contributed by atoms with Crippen LogP contribution in [-0.4, -0.2) is 67.7 Å². The zero-order valence-electron chi connectivity index (χ0n) is 22.6. The number of nitrogens with one attached hydrogen (secondary N) is 3. The van der Waals surface area contributed by atoms with Crippen molar-refractivity contribution in [2.24, 2.45) is 0 Å². The lowest BCUT2D eigenvalue weighted by molar-refractivity contribution is 0.102. The second-order valence-electron chi connectivity index (χ2n) is 10.3. The monoisotopic (exact) mass is 514 g/mol. The zero-order valence-corrected chi connectivity index (χ0v) is 22.6. The number of aromatic nitrogens is 6. The van der Waals surface area contributed by atoms with E-state index < -0.39 is 0 Å². The number of carbonyl (C=O) groups is 1. The number of pyridine rings is 1. The van der Waals surface area contributed by atoms with E-state index in [9.17, 15) is 4.79 Å². The summed E-state index contributed by atoms with van der Waals surface area (Å²) in [7, 11) is 4.03. The predicted molar refractivity (Wildman–Crippen MR) is 149 cm³/mol. The lowest BCUT2D eigenvalue weighted by Gasteiger charge is -2.18. The molecule has 0 aliphatic rings. The van der Waals surface area contributed by atoms with Gasteiger partial charge >= 0.3 is 0 Å². The summed E-state index contributed by atoms with van der Waals surface area (Å²) in [4.78, 5) is 32.6. The fourth-order valence-corrected chi connectivity index (χ4v) is 3.60. The first-order chi connectivity index (χ1) is 18.1. The minimum absolute atomic E-state index is 0.121. The molecule has 11 heteroatoms. The number of anilines is 4. The molecule has 1 aromatic carbocycles. The van der Waals surface area contributed by atoms with Crippen molar-refractivity contribution in [2.45, 2.75) is 33.1 Å². The van der Waals surface area contributed by atoms with Crippen molar-refractivity contribution >= 4 is 29.0 Å². The Kier molecular flexibility index (Phi) is 7.96. The first kappa shape index (κ1) is 26.7. The third-order valence-electron chi connectivity index (χ3n) is 5.81. The fraction of sp³-hybridized carbons (Fsp3) is 0.333. The van der Waals surface area contributed by atoms with E-state index in [1.54, 1.807) is 29.1 Å². The summed E-state index contributed by atoms with van der Waals surface area (Å²) >= 11 is 0. The van der Waals surface area contributed by atoms with Crippen molar-refractivity contribution in [3.05, 3.63) is 72.1 Å². The molecule has 3 N–H and O–H groups in total. The quantitative estimate of drug-likeness (QED) is 0.303. The van der Waals surface area contributed by atoms with Crippen molar-refractivity contribution in [3.63, 3.8) is 0 Å². The molecule has 0 radical (unpaired) electrons. The first-order valence-electron chi connectivity index (χ1n) is 12.4. The predicted octanol–water partition coefficient (Wildman–Crippen LogP) is 4.03. The van der Waals surface area contributed by atoms with Gasteiger partial charge in [-0.1, -0.05) is 26.8 Å². The molecule has 4 rings (SSSR count). The highest BCUT2D eigenvalue weighted by molar-refractivity contribution is 6.05. The largest absolute Gasteiger partial charge is 0.369 e. The van der Waals surface area contributed by atoms with Gasteiger partial charge in [-0.05, 0) is 50.8 Å².